The third-order valence-electron chi connectivity index (χ3n) is 2.55. The van der Waals surface area contributed by atoms with Crippen LogP contribution in [-0.2, 0) is 4.79 Å². The Morgan fingerprint density at radius 3 is 2.88 bits per heavy atom. The van der Waals surface area contributed by atoms with Gasteiger partial charge in [-0.2, -0.15) is 0 Å². The summed E-state index contributed by atoms with van der Waals surface area (Å²) in [7, 11) is 0. The van der Waals surface area contributed by atoms with Crippen molar-refractivity contribution in [1.82, 2.24) is 5.32 Å². The van der Waals surface area contributed by atoms with Crippen LogP contribution >= 0.6 is 11.8 Å². The second kappa shape index (κ2) is 5.01. The number of hydrogen-bond acceptors (Lipinski definition) is 3. The molecule has 3 nitrogen and oxygen atoms in total. The number of nitrogens with one attached hydrogen (secondary N) is 1. The quantitative estimate of drug-likeness (QED) is 0.875. The Balaban J connectivity index is 2.13. The lowest BCUT2D eigenvalue weighted by Crippen LogP contribution is -2.33. The monoisotopic (exact) mass is 259 g/mol. The van der Waals surface area contributed by atoms with Crippen molar-refractivity contribution in [2.24, 2.45) is 0 Å². The van der Waals surface area contributed by atoms with Crippen LogP contribution < -0.4 is 5.32 Å². The number of hydrogen-bond donors (Lipinski definition) is 2. The summed E-state index contributed by atoms with van der Waals surface area (Å²) >= 11 is 1.42. The molecule has 1 aliphatic heterocycles. The van der Waals surface area contributed by atoms with Crippen LogP contribution in [0.4, 0.5) is 8.78 Å². The Morgan fingerprint density at radius 2 is 2.29 bits per heavy atom. The van der Waals surface area contributed by atoms with Gasteiger partial charge < -0.3 is 5.11 Å². The van der Waals surface area contributed by atoms with Crippen LogP contribution in [-0.4, -0.2) is 22.9 Å². The standard InChI is InChI=1S/C11H11F2NO2S/c12-9(13)6-2-1-3-7(4-6)10-14-8(5-17-10)11(15)16/h1-4,8-10,14H,5H2,(H,15,16). The minimum Gasteiger partial charge on any atom is -0.480 e. The van der Waals surface area contributed by atoms with Gasteiger partial charge in [0.1, 0.15) is 6.04 Å². The number of thioether (sulfide) groups is 1. The highest BCUT2D eigenvalue weighted by Crippen LogP contribution is 2.34. The van der Waals surface area contributed by atoms with Crippen LogP contribution in [0.2, 0.25) is 0 Å². The summed E-state index contributed by atoms with van der Waals surface area (Å²) in [6, 6.07) is 5.45. The Bertz CT molecular complexity index is 428. The lowest BCUT2D eigenvalue weighted by atomic mass is 10.1. The zero-order valence-corrected chi connectivity index (χ0v) is 9.58. The molecule has 2 N–H and O–H groups in total. The second-order valence-corrected chi connectivity index (χ2v) is 4.88. The minimum atomic E-state index is -2.50. The van der Waals surface area contributed by atoms with E-state index in [2.05, 4.69) is 5.32 Å². The van der Waals surface area contributed by atoms with E-state index in [1.807, 2.05) is 0 Å². The van der Waals surface area contributed by atoms with Gasteiger partial charge in [0.15, 0.2) is 0 Å². The first-order valence-electron chi connectivity index (χ1n) is 5.06. The fourth-order valence-electron chi connectivity index (χ4n) is 1.66. The van der Waals surface area contributed by atoms with E-state index in [0.717, 1.165) is 0 Å². The summed E-state index contributed by atoms with van der Waals surface area (Å²) in [5, 5.41) is 11.5. The number of halogens is 2. The van der Waals surface area contributed by atoms with Crippen LogP contribution in [0.1, 0.15) is 22.9 Å². The van der Waals surface area contributed by atoms with Gasteiger partial charge in [0, 0.05) is 11.3 Å². The number of carboxylic acids is 1. The second-order valence-electron chi connectivity index (χ2n) is 3.74. The zero-order chi connectivity index (χ0) is 12.4. The maximum Gasteiger partial charge on any atom is 0.321 e. The fourth-order valence-corrected chi connectivity index (χ4v) is 2.89. The number of rotatable bonds is 3. The minimum absolute atomic E-state index is 0.0383. The van der Waals surface area contributed by atoms with Crippen molar-refractivity contribution in [3.05, 3.63) is 35.4 Å². The van der Waals surface area contributed by atoms with Gasteiger partial charge in [0.2, 0.25) is 0 Å². The lowest BCUT2D eigenvalue weighted by Gasteiger charge is -2.12. The Hall–Kier alpha value is -1.14. The molecule has 0 aliphatic carbocycles. The molecule has 2 atom stereocenters. The van der Waals surface area contributed by atoms with Crippen LogP contribution in [0.25, 0.3) is 0 Å². The molecule has 0 amide bonds. The van der Waals surface area contributed by atoms with Crippen molar-refractivity contribution in [3.63, 3.8) is 0 Å². The average Bonchev–Trinajstić information content (AvgIpc) is 2.78. The van der Waals surface area contributed by atoms with Crippen molar-refractivity contribution < 1.29 is 18.7 Å². The third kappa shape index (κ3) is 2.76. The smallest absolute Gasteiger partial charge is 0.321 e. The molecule has 0 aromatic heterocycles. The molecule has 0 spiro atoms. The first-order valence-corrected chi connectivity index (χ1v) is 6.11. The predicted octanol–water partition coefficient (Wildman–Crippen LogP) is 2.41. The summed E-state index contributed by atoms with van der Waals surface area (Å²) in [5.41, 5.74) is 0.653. The van der Waals surface area contributed by atoms with Gasteiger partial charge in [0.05, 0.1) is 5.37 Å². The van der Waals surface area contributed by atoms with E-state index in [0.29, 0.717) is 11.3 Å². The molecule has 1 aromatic rings. The van der Waals surface area contributed by atoms with E-state index < -0.39 is 18.4 Å². The van der Waals surface area contributed by atoms with Gasteiger partial charge in [-0.3, -0.25) is 10.1 Å². The highest BCUT2D eigenvalue weighted by atomic mass is 32.2. The van der Waals surface area contributed by atoms with Gasteiger partial charge in [-0.05, 0) is 11.6 Å². The number of aliphatic carboxylic acids is 1. The number of carboxylic acid groups (broad SMARTS) is 1. The Morgan fingerprint density at radius 1 is 1.53 bits per heavy atom. The maximum absolute atomic E-state index is 12.5. The molecule has 92 valence electrons. The van der Waals surface area contributed by atoms with Crippen molar-refractivity contribution in [1.29, 1.82) is 0 Å². The van der Waals surface area contributed by atoms with Crippen molar-refractivity contribution in [2.45, 2.75) is 17.8 Å². The summed E-state index contributed by atoms with van der Waals surface area (Å²) in [4.78, 5) is 10.8. The topological polar surface area (TPSA) is 49.3 Å². The molecule has 0 saturated carbocycles. The van der Waals surface area contributed by atoms with E-state index in [1.165, 1.54) is 23.9 Å². The van der Waals surface area contributed by atoms with Gasteiger partial charge in [-0.1, -0.05) is 18.2 Å². The fraction of sp³-hybridized carbons (Fsp3) is 0.364. The normalized spacial score (nSPS) is 24.2. The van der Waals surface area contributed by atoms with Gasteiger partial charge in [-0.15, -0.1) is 11.8 Å². The zero-order valence-electron chi connectivity index (χ0n) is 8.77. The van der Waals surface area contributed by atoms with Crippen molar-refractivity contribution >= 4 is 17.7 Å². The molecule has 0 radical (unpaired) electrons. The molecule has 1 fully saturated rings. The molecule has 1 heterocycles. The summed E-state index contributed by atoms with van der Waals surface area (Å²) in [6.07, 6.45) is -2.50. The molecular formula is C11H11F2NO2S. The number of alkyl halides is 2. The van der Waals surface area contributed by atoms with Crippen molar-refractivity contribution in [3.8, 4) is 0 Å². The molecule has 2 unspecified atom stereocenters. The molecule has 1 saturated heterocycles. The lowest BCUT2D eigenvalue weighted by molar-refractivity contribution is -0.138. The Labute approximate surface area is 101 Å². The number of benzene rings is 1. The molecule has 17 heavy (non-hydrogen) atoms. The SMILES string of the molecule is O=C(O)C1CSC(c2cccc(C(F)F)c2)N1. The maximum atomic E-state index is 12.5. The molecule has 1 aromatic carbocycles. The molecule has 2 rings (SSSR count). The first-order chi connectivity index (χ1) is 8.08. The largest absolute Gasteiger partial charge is 0.480 e. The third-order valence-corrected chi connectivity index (χ3v) is 3.81. The first kappa shape index (κ1) is 12.3. The van der Waals surface area contributed by atoms with Gasteiger partial charge in [-0.25, -0.2) is 8.78 Å². The van der Waals surface area contributed by atoms with E-state index >= 15 is 0 Å². The van der Waals surface area contributed by atoms with Crippen LogP contribution in [0.5, 0.6) is 0 Å². The molecule has 1 aliphatic rings. The Kier molecular flexibility index (Phi) is 3.63. The highest BCUT2D eigenvalue weighted by Gasteiger charge is 2.30. The van der Waals surface area contributed by atoms with E-state index in [1.54, 1.807) is 12.1 Å². The predicted molar refractivity (Wildman–Crippen MR) is 61.2 cm³/mol. The van der Waals surface area contributed by atoms with Crippen LogP contribution in [0, 0.1) is 0 Å². The van der Waals surface area contributed by atoms with Crippen LogP contribution in [0.3, 0.4) is 0 Å². The molecule has 6 heteroatoms. The van der Waals surface area contributed by atoms with E-state index in [9.17, 15) is 13.6 Å². The highest BCUT2D eigenvalue weighted by molar-refractivity contribution is 7.99. The van der Waals surface area contributed by atoms with Gasteiger partial charge in [0.25, 0.3) is 6.43 Å². The summed E-state index contributed by atoms with van der Waals surface area (Å²) in [5.74, 6) is -0.469. The summed E-state index contributed by atoms with van der Waals surface area (Å²) < 4.78 is 25.0. The van der Waals surface area contributed by atoms with Gasteiger partial charge >= 0.3 is 5.97 Å². The van der Waals surface area contributed by atoms with Crippen molar-refractivity contribution in [2.75, 3.05) is 5.75 Å². The van der Waals surface area contributed by atoms with Crippen LogP contribution in [0.15, 0.2) is 24.3 Å². The number of carbonyl (C=O) groups is 1. The average molecular weight is 259 g/mol. The van der Waals surface area contributed by atoms with E-state index in [-0.39, 0.29) is 10.9 Å². The molecular weight excluding hydrogens is 248 g/mol. The summed E-state index contributed by atoms with van der Waals surface area (Å²) in [6.45, 7) is 0. The van der Waals surface area contributed by atoms with E-state index in [4.69, 9.17) is 5.11 Å². The molecule has 0 bridgehead atoms.